The van der Waals surface area contributed by atoms with Crippen LogP contribution in [0.1, 0.15) is 42.0 Å². The van der Waals surface area contributed by atoms with Crippen molar-refractivity contribution in [3.8, 4) is 0 Å². The van der Waals surface area contributed by atoms with Crippen LogP contribution in [0.3, 0.4) is 0 Å². The molecule has 2 rings (SSSR count). The van der Waals surface area contributed by atoms with Crippen molar-refractivity contribution >= 4 is 5.97 Å². The van der Waals surface area contributed by atoms with Gasteiger partial charge in [-0.25, -0.2) is 9.48 Å². The average molecular weight is 225 g/mol. The van der Waals surface area contributed by atoms with Gasteiger partial charge in [0.05, 0.1) is 18.3 Å². The van der Waals surface area contributed by atoms with Crippen LogP contribution >= 0.6 is 0 Å². The second-order valence-electron chi connectivity index (χ2n) is 4.31. The second-order valence-corrected chi connectivity index (χ2v) is 4.31. The van der Waals surface area contributed by atoms with Gasteiger partial charge in [-0.2, -0.15) is 0 Å². The van der Waals surface area contributed by atoms with Gasteiger partial charge in [0.25, 0.3) is 0 Å². The molecule has 88 valence electrons. The first-order valence-corrected chi connectivity index (χ1v) is 5.41. The summed E-state index contributed by atoms with van der Waals surface area (Å²) in [6, 6.07) is -0.227. The maximum absolute atomic E-state index is 11.0. The lowest BCUT2D eigenvalue weighted by Crippen LogP contribution is -2.16. The van der Waals surface area contributed by atoms with Gasteiger partial charge >= 0.3 is 5.97 Å². The smallest absolute Gasteiger partial charge is 0.358 e. The molecule has 0 amide bonds. The summed E-state index contributed by atoms with van der Waals surface area (Å²) in [4.78, 5) is 11.0. The molecule has 1 fully saturated rings. The van der Waals surface area contributed by atoms with E-state index in [9.17, 15) is 4.79 Å². The lowest BCUT2D eigenvalue weighted by molar-refractivity contribution is 0.0689. The van der Waals surface area contributed by atoms with E-state index in [-0.39, 0.29) is 18.3 Å². The highest BCUT2D eigenvalue weighted by atomic mass is 16.4. The predicted octanol–water partition coefficient (Wildman–Crippen LogP) is 0.482. The lowest BCUT2D eigenvalue weighted by Gasteiger charge is -2.11. The molecule has 1 atom stereocenters. The van der Waals surface area contributed by atoms with Crippen LogP contribution in [-0.2, 0) is 6.42 Å². The Balaban J connectivity index is 2.31. The van der Waals surface area contributed by atoms with E-state index < -0.39 is 5.97 Å². The number of aliphatic hydroxyl groups is 1. The number of carboxylic acid groups (broad SMARTS) is 1. The Kier molecular flexibility index (Phi) is 2.91. The first kappa shape index (κ1) is 11.1. The molecule has 0 spiro atoms. The highest BCUT2D eigenvalue weighted by Gasteiger charge is 2.29. The fourth-order valence-electron chi connectivity index (χ4n) is 1.70. The monoisotopic (exact) mass is 225 g/mol. The van der Waals surface area contributed by atoms with Gasteiger partial charge in [-0.15, -0.1) is 5.10 Å². The Morgan fingerprint density at radius 1 is 1.62 bits per heavy atom. The Hall–Kier alpha value is -1.43. The van der Waals surface area contributed by atoms with Crippen molar-refractivity contribution < 1.29 is 15.0 Å². The Morgan fingerprint density at radius 2 is 2.31 bits per heavy atom. The molecule has 1 unspecified atom stereocenters. The molecule has 0 aromatic carbocycles. The molecule has 1 heterocycles. The summed E-state index contributed by atoms with van der Waals surface area (Å²) in [5.74, 6) is -0.492. The average Bonchev–Trinajstić information content (AvgIpc) is 2.95. The molecule has 0 aliphatic heterocycles. The van der Waals surface area contributed by atoms with Crippen LogP contribution in [0.25, 0.3) is 0 Å². The quantitative estimate of drug-likeness (QED) is 0.761. The Bertz CT molecular complexity index is 398. The molecule has 2 N–H and O–H groups in total. The van der Waals surface area contributed by atoms with Crippen LogP contribution in [0.5, 0.6) is 0 Å². The molecular weight excluding hydrogens is 210 g/mol. The maximum Gasteiger partial charge on any atom is 0.358 e. The molecule has 1 saturated carbocycles. The third kappa shape index (κ3) is 2.06. The molecule has 6 heteroatoms. The van der Waals surface area contributed by atoms with Crippen LogP contribution in [0, 0.1) is 5.92 Å². The molecule has 1 aliphatic rings. The summed E-state index contributed by atoms with van der Waals surface area (Å²) in [5, 5.41) is 25.5. The van der Waals surface area contributed by atoms with E-state index in [1.807, 2.05) is 0 Å². The molecule has 0 radical (unpaired) electrons. The van der Waals surface area contributed by atoms with Crippen molar-refractivity contribution in [1.82, 2.24) is 15.0 Å². The van der Waals surface area contributed by atoms with Crippen LogP contribution in [0.15, 0.2) is 0 Å². The zero-order valence-electron chi connectivity index (χ0n) is 9.13. The highest BCUT2D eigenvalue weighted by Crippen LogP contribution is 2.33. The van der Waals surface area contributed by atoms with E-state index in [0.29, 0.717) is 18.0 Å². The fourth-order valence-corrected chi connectivity index (χ4v) is 1.70. The minimum absolute atomic E-state index is 0.0206. The van der Waals surface area contributed by atoms with Crippen molar-refractivity contribution in [1.29, 1.82) is 0 Å². The van der Waals surface area contributed by atoms with Crippen molar-refractivity contribution in [2.45, 2.75) is 32.2 Å². The first-order valence-electron chi connectivity index (χ1n) is 5.41. The Morgan fingerprint density at radius 3 is 2.81 bits per heavy atom. The zero-order chi connectivity index (χ0) is 11.7. The van der Waals surface area contributed by atoms with Crippen LogP contribution in [0.2, 0.25) is 0 Å². The van der Waals surface area contributed by atoms with Gasteiger partial charge < -0.3 is 10.2 Å². The Labute approximate surface area is 92.9 Å². The number of carboxylic acids is 1. The zero-order valence-corrected chi connectivity index (χ0v) is 9.13. The van der Waals surface area contributed by atoms with Gasteiger partial charge in [-0.1, -0.05) is 5.21 Å². The van der Waals surface area contributed by atoms with Crippen molar-refractivity contribution in [2.24, 2.45) is 5.92 Å². The summed E-state index contributed by atoms with van der Waals surface area (Å²) in [5.41, 5.74) is 0.656. The minimum atomic E-state index is -1.05. The van der Waals surface area contributed by atoms with E-state index in [0.717, 1.165) is 12.8 Å². The van der Waals surface area contributed by atoms with Gasteiger partial charge in [-0.3, -0.25) is 0 Å². The summed E-state index contributed by atoms with van der Waals surface area (Å²) in [6.07, 6.45) is 2.97. The van der Waals surface area contributed by atoms with Gasteiger partial charge in [0.15, 0.2) is 5.69 Å². The van der Waals surface area contributed by atoms with Crippen LogP contribution in [-0.4, -0.2) is 37.8 Å². The number of aromatic nitrogens is 3. The van der Waals surface area contributed by atoms with Gasteiger partial charge in [0.2, 0.25) is 0 Å². The number of hydrogen-bond donors (Lipinski definition) is 2. The van der Waals surface area contributed by atoms with E-state index in [2.05, 4.69) is 10.3 Å². The molecule has 0 saturated heterocycles. The summed E-state index contributed by atoms with van der Waals surface area (Å²) in [6.45, 7) is 1.72. The second kappa shape index (κ2) is 4.21. The molecule has 16 heavy (non-hydrogen) atoms. The number of rotatable bonds is 5. The molecule has 0 bridgehead atoms. The van der Waals surface area contributed by atoms with E-state index in [1.165, 1.54) is 4.68 Å². The van der Waals surface area contributed by atoms with Gasteiger partial charge in [0.1, 0.15) is 0 Å². The number of hydrogen-bond acceptors (Lipinski definition) is 4. The normalized spacial score (nSPS) is 17.4. The lowest BCUT2D eigenvalue weighted by atomic mass is 10.1. The summed E-state index contributed by atoms with van der Waals surface area (Å²) >= 11 is 0. The number of aliphatic hydroxyl groups excluding tert-OH is 1. The third-order valence-corrected chi connectivity index (χ3v) is 2.85. The molecular formula is C10H15N3O3. The third-order valence-electron chi connectivity index (χ3n) is 2.85. The highest BCUT2D eigenvalue weighted by molar-refractivity contribution is 5.86. The number of aromatic carboxylic acids is 1. The van der Waals surface area contributed by atoms with Gasteiger partial charge in [0, 0.05) is 0 Å². The summed E-state index contributed by atoms with van der Waals surface area (Å²) < 4.78 is 1.53. The van der Waals surface area contributed by atoms with Crippen LogP contribution in [0.4, 0.5) is 0 Å². The van der Waals surface area contributed by atoms with E-state index in [4.69, 9.17) is 10.2 Å². The van der Waals surface area contributed by atoms with Crippen molar-refractivity contribution in [3.63, 3.8) is 0 Å². The molecule has 6 nitrogen and oxygen atoms in total. The molecule has 1 aliphatic carbocycles. The number of carbonyl (C=O) groups is 1. The number of nitrogens with zero attached hydrogens (tertiary/aromatic N) is 3. The summed E-state index contributed by atoms with van der Waals surface area (Å²) in [7, 11) is 0. The predicted molar refractivity (Wildman–Crippen MR) is 55.2 cm³/mol. The van der Waals surface area contributed by atoms with Crippen molar-refractivity contribution in [3.05, 3.63) is 11.4 Å². The largest absolute Gasteiger partial charge is 0.476 e. The fraction of sp³-hybridized carbons (Fsp3) is 0.700. The first-order chi connectivity index (χ1) is 7.63. The van der Waals surface area contributed by atoms with Gasteiger partial charge in [-0.05, 0) is 32.1 Å². The van der Waals surface area contributed by atoms with E-state index >= 15 is 0 Å². The topological polar surface area (TPSA) is 88.2 Å². The maximum atomic E-state index is 11.0. The van der Waals surface area contributed by atoms with Crippen LogP contribution < -0.4 is 0 Å². The van der Waals surface area contributed by atoms with E-state index in [1.54, 1.807) is 6.92 Å². The molecule has 1 aromatic rings. The SMILES string of the molecule is CC(CO)n1nnc(C(=O)O)c1CC1CC1. The van der Waals surface area contributed by atoms with Crippen molar-refractivity contribution in [2.75, 3.05) is 6.61 Å². The minimum Gasteiger partial charge on any atom is -0.476 e. The standard InChI is InChI=1S/C10H15N3O3/c1-6(5-14)13-8(4-7-2-3-7)9(10(15)16)11-12-13/h6-7,14H,2-5H2,1H3,(H,15,16). The molecule has 1 aromatic heterocycles.